The fourth-order valence-corrected chi connectivity index (χ4v) is 1.30. The molecule has 0 aliphatic carbocycles. The molecule has 6 heteroatoms. The Morgan fingerprint density at radius 2 is 2.00 bits per heavy atom. The van der Waals surface area contributed by atoms with Crippen LogP contribution in [-0.4, -0.2) is 25.6 Å². The normalized spacial score (nSPS) is 12.1. The van der Waals surface area contributed by atoms with Gasteiger partial charge in [0.15, 0.2) is 0 Å². The summed E-state index contributed by atoms with van der Waals surface area (Å²) in [5, 5.41) is 5.25. The summed E-state index contributed by atoms with van der Waals surface area (Å²) >= 11 is 0. The molecule has 4 nitrogen and oxygen atoms in total. The van der Waals surface area contributed by atoms with Crippen molar-refractivity contribution in [3.63, 3.8) is 0 Å². The summed E-state index contributed by atoms with van der Waals surface area (Å²) in [5.74, 6) is -0.227. The number of anilines is 1. The molecule has 94 valence electrons. The lowest BCUT2D eigenvalue weighted by Gasteiger charge is -2.16. The van der Waals surface area contributed by atoms with Gasteiger partial charge in [0.2, 0.25) is 5.91 Å². The Kier molecular flexibility index (Phi) is 4.68. The second-order valence-corrected chi connectivity index (χ2v) is 3.35. The lowest BCUT2D eigenvalue weighted by Crippen LogP contribution is -2.35. The molecule has 0 heterocycles. The number of ether oxygens (including phenoxy) is 1. The maximum absolute atomic E-state index is 12.1. The number of amides is 1. The molecule has 0 saturated carbocycles. The fourth-order valence-electron chi connectivity index (χ4n) is 1.30. The SMILES string of the molecule is CNC(=O)C(C)Nc1ccccc1OC(F)F. The number of carbonyl (C=O) groups excluding carboxylic acids is 1. The molecule has 0 aromatic heterocycles. The minimum atomic E-state index is -2.90. The van der Waals surface area contributed by atoms with Gasteiger partial charge in [-0.1, -0.05) is 12.1 Å². The molecular weight excluding hydrogens is 230 g/mol. The van der Waals surface area contributed by atoms with Crippen LogP contribution in [0.25, 0.3) is 0 Å². The van der Waals surface area contributed by atoms with Crippen LogP contribution in [0.2, 0.25) is 0 Å². The number of hydrogen-bond acceptors (Lipinski definition) is 3. The number of rotatable bonds is 5. The summed E-state index contributed by atoms with van der Waals surface area (Å²) in [6.45, 7) is -1.27. The second kappa shape index (κ2) is 6.03. The van der Waals surface area contributed by atoms with Gasteiger partial charge in [0.25, 0.3) is 0 Å². The van der Waals surface area contributed by atoms with Gasteiger partial charge in [0, 0.05) is 7.05 Å². The van der Waals surface area contributed by atoms with Crippen molar-refractivity contribution < 1.29 is 18.3 Å². The Morgan fingerprint density at radius 1 is 1.35 bits per heavy atom. The molecule has 1 unspecified atom stereocenters. The van der Waals surface area contributed by atoms with Crippen LogP contribution in [-0.2, 0) is 4.79 Å². The zero-order chi connectivity index (χ0) is 12.8. The molecule has 0 saturated heterocycles. The van der Waals surface area contributed by atoms with Crippen LogP contribution >= 0.6 is 0 Å². The third-order valence-electron chi connectivity index (χ3n) is 2.11. The average molecular weight is 244 g/mol. The topological polar surface area (TPSA) is 50.4 Å². The van der Waals surface area contributed by atoms with Crippen molar-refractivity contribution in [3.8, 4) is 5.75 Å². The molecule has 0 spiro atoms. The van der Waals surface area contributed by atoms with Gasteiger partial charge < -0.3 is 15.4 Å². The maximum Gasteiger partial charge on any atom is 0.387 e. The van der Waals surface area contributed by atoms with E-state index in [1.54, 1.807) is 25.1 Å². The molecule has 1 rings (SSSR count). The first kappa shape index (κ1) is 13.2. The molecule has 1 atom stereocenters. The van der Waals surface area contributed by atoms with E-state index in [2.05, 4.69) is 15.4 Å². The van der Waals surface area contributed by atoms with Crippen molar-refractivity contribution >= 4 is 11.6 Å². The van der Waals surface area contributed by atoms with Crippen molar-refractivity contribution in [2.24, 2.45) is 0 Å². The zero-order valence-electron chi connectivity index (χ0n) is 9.54. The Balaban J connectivity index is 2.79. The molecule has 0 aliphatic heterocycles. The summed E-state index contributed by atoms with van der Waals surface area (Å²) in [6, 6.07) is 5.68. The van der Waals surface area contributed by atoms with Gasteiger partial charge in [-0.3, -0.25) is 4.79 Å². The predicted molar refractivity (Wildman–Crippen MR) is 60.2 cm³/mol. The predicted octanol–water partition coefficient (Wildman–Crippen LogP) is 1.83. The largest absolute Gasteiger partial charge is 0.433 e. The minimum absolute atomic E-state index is 0.0123. The highest BCUT2D eigenvalue weighted by molar-refractivity contribution is 5.84. The number of halogens is 2. The minimum Gasteiger partial charge on any atom is -0.433 e. The first-order valence-corrected chi connectivity index (χ1v) is 5.06. The number of benzene rings is 1. The Hall–Kier alpha value is -1.85. The van der Waals surface area contributed by atoms with E-state index >= 15 is 0 Å². The van der Waals surface area contributed by atoms with Crippen molar-refractivity contribution in [2.45, 2.75) is 19.6 Å². The molecule has 0 radical (unpaired) electrons. The van der Waals surface area contributed by atoms with Crippen molar-refractivity contribution in [1.29, 1.82) is 0 Å². The van der Waals surface area contributed by atoms with Crippen molar-refractivity contribution in [3.05, 3.63) is 24.3 Å². The van der Waals surface area contributed by atoms with Gasteiger partial charge in [0.05, 0.1) is 5.69 Å². The van der Waals surface area contributed by atoms with E-state index in [0.717, 1.165) is 0 Å². The van der Waals surface area contributed by atoms with Crippen LogP contribution in [0.1, 0.15) is 6.92 Å². The molecule has 0 aliphatic rings. The third kappa shape index (κ3) is 3.90. The Labute approximate surface area is 98.0 Å². The molecule has 2 N–H and O–H groups in total. The number of likely N-dealkylation sites (N-methyl/N-ethyl adjacent to an activating group) is 1. The first-order chi connectivity index (χ1) is 8.04. The van der Waals surface area contributed by atoms with E-state index in [1.807, 2.05) is 0 Å². The lowest BCUT2D eigenvalue weighted by molar-refractivity contribution is -0.121. The highest BCUT2D eigenvalue weighted by atomic mass is 19.3. The van der Waals surface area contributed by atoms with Crippen molar-refractivity contribution in [2.75, 3.05) is 12.4 Å². The van der Waals surface area contributed by atoms with Crippen LogP contribution < -0.4 is 15.4 Å². The monoisotopic (exact) mass is 244 g/mol. The molecule has 1 amide bonds. The maximum atomic E-state index is 12.1. The lowest BCUT2D eigenvalue weighted by atomic mass is 10.2. The molecule has 0 fully saturated rings. The average Bonchev–Trinajstić information content (AvgIpc) is 2.29. The number of alkyl halides is 2. The van der Waals surface area contributed by atoms with E-state index in [1.165, 1.54) is 13.1 Å². The number of hydrogen-bond donors (Lipinski definition) is 2. The van der Waals surface area contributed by atoms with Gasteiger partial charge in [-0.2, -0.15) is 8.78 Å². The molecule has 1 aromatic carbocycles. The summed E-state index contributed by atoms with van der Waals surface area (Å²) in [7, 11) is 1.50. The Bertz CT molecular complexity index is 385. The Morgan fingerprint density at radius 3 is 2.59 bits per heavy atom. The first-order valence-electron chi connectivity index (χ1n) is 5.06. The number of para-hydroxylation sites is 2. The number of carbonyl (C=O) groups is 1. The highest BCUT2D eigenvalue weighted by Gasteiger charge is 2.14. The van der Waals surface area contributed by atoms with Crippen LogP contribution in [0, 0.1) is 0 Å². The van der Waals surface area contributed by atoms with Gasteiger partial charge in [-0.05, 0) is 19.1 Å². The zero-order valence-corrected chi connectivity index (χ0v) is 9.54. The van der Waals surface area contributed by atoms with E-state index in [9.17, 15) is 13.6 Å². The van der Waals surface area contributed by atoms with Gasteiger partial charge in [-0.15, -0.1) is 0 Å². The van der Waals surface area contributed by atoms with Crippen LogP contribution in [0.15, 0.2) is 24.3 Å². The number of nitrogens with one attached hydrogen (secondary N) is 2. The summed E-state index contributed by atoms with van der Waals surface area (Å²) < 4.78 is 28.6. The fraction of sp³-hybridized carbons (Fsp3) is 0.364. The molecule has 17 heavy (non-hydrogen) atoms. The van der Waals surface area contributed by atoms with Gasteiger partial charge >= 0.3 is 6.61 Å². The van der Waals surface area contributed by atoms with Crippen molar-refractivity contribution in [1.82, 2.24) is 5.32 Å². The van der Waals surface area contributed by atoms with Gasteiger partial charge in [-0.25, -0.2) is 0 Å². The van der Waals surface area contributed by atoms with Crippen LogP contribution in [0.4, 0.5) is 14.5 Å². The smallest absolute Gasteiger partial charge is 0.387 e. The molecular formula is C11H14F2N2O2. The van der Waals surface area contributed by atoms with Crippen LogP contribution in [0.5, 0.6) is 5.75 Å². The molecule has 0 bridgehead atoms. The summed E-state index contributed by atoms with van der Waals surface area (Å²) in [6.07, 6.45) is 0. The van der Waals surface area contributed by atoms with E-state index in [4.69, 9.17) is 0 Å². The van der Waals surface area contributed by atoms with Crippen LogP contribution in [0.3, 0.4) is 0 Å². The highest BCUT2D eigenvalue weighted by Crippen LogP contribution is 2.25. The van der Waals surface area contributed by atoms with Gasteiger partial charge in [0.1, 0.15) is 11.8 Å². The second-order valence-electron chi connectivity index (χ2n) is 3.35. The third-order valence-corrected chi connectivity index (χ3v) is 2.11. The van der Waals surface area contributed by atoms with E-state index in [0.29, 0.717) is 5.69 Å². The summed E-state index contributed by atoms with van der Waals surface area (Å²) in [4.78, 5) is 11.3. The van der Waals surface area contributed by atoms with E-state index in [-0.39, 0.29) is 11.7 Å². The standard InChI is InChI=1S/C11H14F2N2O2/c1-7(10(16)14-2)15-8-5-3-4-6-9(8)17-11(12)13/h3-7,11,15H,1-2H3,(H,14,16). The molecule has 1 aromatic rings. The quantitative estimate of drug-likeness (QED) is 0.830. The van der Waals surface area contributed by atoms with E-state index < -0.39 is 12.7 Å². The summed E-state index contributed by atoms with van der Waals surface area (Å²) in [5.41, 5.74) is 0.351.